The van der Waals surface area contributed by atoms with Gasteiger partial charge in [-0.1, -0.05) is 48.5 Å². The van der Waals surface area contributed by atoms with Crippen LogP contribution in [-0.2, 0) is 16.1 Å². The summed E-state index contributed by atoms with van der Waals surface area (Å²) in [6.07, 6.45) is -15.7. The van der Waals surface area contributed by atoms with E-state index in [4.69, 9.17) is 0 Å². The summed E-state index contributed by atoms with van der Waals surface area (Å²) in [7, 11) is 0. The minimum atomic E-state index is -5.77. The molecule has 1 heterocycles. The average Bonchev–Trinajstić information content (AvgIpc) is 3.03. The van der Waals surface area contributed by atoms with E-state index in [1.807, 2.05) is 18.2 Å². The van der Waals surface area contributed by atoms with E-state index in [2.05, 4.69) is 9.84 Å². The summed E-state index contributed by atoms with van der Waals surface area (Å²) in [5, 5.41) is 5.19. The van der Waals surface area contributed by atoms with Crippen LogP contribution in [0, 0.1) is 5.41 Å². The zero-order valence-electron chi connectivity index (χ0n) is 16.5. The van der Waals surface area contributed by atoms with Gasteiger partial charge in [0.25, 0.3) is 6.10 Å². The predicted octanol–water partition coefficient (Wildman–Crippen LogP) is 5.77. The molecule has 0 radical (unpaired) electrons. The highest BCUT2D eigenvalue weighted by Crippen LogP contribution is 2.38. The fourth-order valence-corrected chi connectivity index (χ4v) is 3.08. The van der Waals surface area contributed by atoms with Crippen molar-refractivity contribution in [1.29, 1.82) is 0 Å². The molecule has 166 valence electrons. The van der Waals surface area contributed by atoms with Gasteiger partial charge in [0.1, 0.15) is 5.69 Å². The number of para-hydroxylation sites is 1. The number of esters is 1. The molecule has 0 aliphatic rings. The SMILES string of the molecule is CC(C)(Cn1nc(-c2ccccc2)c2ccccc21)C(=O)OC(C(F)(F)F)C(F)(F)F. The molecule has 0 N–H and O–H groups in total. The molecule has 0 amide bonds. The zero-order valence-corrected chi connectivity index (χ0v) is 16.5. The van der Waals surface area contributed by atoms with Gasteiger partial charge in [-0.3, -0.25) is 9.48 Å². The zero-order chi connectivity index (χ0) is 23.0. The minimum absolute atomic E-state index is 0.290. The van der Waals surface area contributed by atoms with Crippen LogP contribution >= 0.6 is 0 Å². The second-order valence-corrected chi connectivity index (χ2v) is 7.64. The second-order valence-electron chi connectivity index (χ2n) is 7.64. The van der Waals surface area contributed by atoms with Gasteiger partial charge in [0.2, 0.25) is 0 Å². The van der Waals surface area contributed by atoms with Gasteiger partial charge in [-0.15, -0.1) is 0 Å². The Bertz CT molecular complexity index is 1060. The number of benzene rings is 2. The monoisotopic (exact) mass is 444 g/mol. The number of ether oxygens (including phenoxy) is 1. The summed E-state index contributed by atoms with van der Waals surface area (Å²) >= 11 is 0. The quantitative estimate of drug-likeness (QED) is 0.371. The molecule has 0 fully saturated rings. The summed E-state index contributed by atoms with van der Waals surface area (Å²) in [6, 6.07) is 16.0. The Labute approximate surface area is 173 Å². The Morgan fingerprint density at radius 2 is 1.48 bits per heavy atom. The summed E-state index contributed by atoms with van der Waals surface area (Å²) in [5.74, 6) is -1.63. The molecule has 0 saturated heterocycles. The molecule has 4 nitrogen and oxygen atoms in total. The van der Waals surface area contributed by atoms with Gasteiger partial charge in [-0.05, 0) is 19.9 Å². The molecule has 0 saturated carbocycles. The van der Waals surface area contributed by atoms with Crippen molar-refractivity contribution in [2.75, 3.05) is 0 Å². The third-order valence-corrected chi connectivity index (χ3v) is 4.62. The Hall–Kier alpha value is -3.04. The number of carbonyl (C=O) groups is 1. The van der Waals surface area contributed by atoms with Crippen LogP contribution in [0.15, 0.2) is 54.6 Å². The van der Waals surface area contributed by atoms with Crippen molar-refractivity contribution in [3.05, 3.63) is 54.6 Å². The lowest BCUT2D eigenvalue weighted by Gasteiger charge is -2.28. The number of fused-ring (bicyclic) bond motifs is 1. The van der Waals surface area contributed by atoms with Gasteiger partial charge in [-0.2, -0.15) is 31.4 Å². The first-order valence-corrected chi connectivity index (χ1v) is 9.16. The third-order valence-electron chi connectivity index (χ3n) is 4.62. The normalized spacial score (nSPS) is 13.1. The second kappa shape index (κ2) is 7.90. The Morgan fingerprint density at radius 1 is 0.935 bits per heavy atom. The van der Waals surface area contributed by atoms with E-state index >= 15 is 0 Å². The summed E-state index contributed by atoms with van der Waals surface area (Å²) in [5.41, 5.74) is 0.193. The lowest BCUT2D eigenvalue weighted by Crippen LogP contribution is -2.48. The smallest absolute Gasteiger partial charge is 0.434 e. The van der Waals surface area contributed by atoms with E-state index in [1.54, 1.807) is 36.4 Å². The molecule has 10 heteroatoms. The van der Waals surface area contributed by atoms with E-state index < -0.39 is 29.8 Å². The van der Waals surface area contributed by atoms with E-state index in [9.17, 15) is 31.1 Å². The molecular weight excluding hydrogens is 426 g/mol. The number of nitrogens with zero attached hydrogens (tertiary/aromatic N) is 2. The van der Waals surface area contributed by atoms with Gasteiger partial charge in [0.15, 0.2) is 0 Å². The molecule has 31 heavy (non-hydrogen) atoms. The Kier molecular flexibility index (Phi) is 5.77. The van der Waals surface area contributed by atoms with Crippen LogP contribution in [0.3, 0.4) is 0 Å². The maximum absolute atomic E-state index is 12.8. The standard InChI is InChI=1S/C21H18F6N2O2/c1-19(2,18(30)31-17(20(22,23)24)21(25,26)27)12-29-15-11-7-6-10-14(15)16(28-29)13-8-4-3-5-9-13/h3-11,17H,12H2,1-2H3. The van der Waals surface area contributed by atoms with Gasteiger partial charge >= 0.3 is 18.3 Å². The van der Waals surface area contributed by atoms with Crippen LogP contribution in [0.1, 0.15) is 13.8 Å². The Balaban J connectivity index is 1.93. The molecule has 3 rings (SSSR count). The molecule has 0 spiro atoms. The third kappa shape index (κ3) is 4.83. The minimum Gasteiger partial charge on any atom is -0.442 e. The molecule has 3 aromatic rings. The van der Waals surface area contributed by atoms with Crippen LogP contribution in [0.2, 0.25) is 0 Å². The van der Waals surface area contributed by atoms with Crippen LogP contribution in [-0.4, -0.2) is 34.2 Å². The first-order valence-electron chi connectivity index (χ1n) is 9.16. The first kappa shape index (κ1) is 22.6. The molecule has 0 unspecified atom stereocenters. The highest BCUT2D eigenvalue weighted by atomic mass is 19.4. The molecule has 1 aromatic heterocycles. The van der Waals surface area contributed by atoms with Crippen LogP contribution in [0.4, 0.5) is 26.3 Å². The highest BCUT2D eigenvalue weighted by Gasteiger charge is 2.60. The number of hydrogen-bond donors (Lipinski definition) is 0. The highest BCUT2D eigenvalue weighted by molar-refractivity contribution is 5.93. The predicted molar refractivity (Wildman–Crippen MR) is 101 cm³/mol. The van der Waals surface area contributed by atoms with Crippen molar-refractivity contribution < 1.29 is 35.9 Å². The fourth-order valence-electron chi connectivity index (χ4n) is 3.08. The van der Waals surface area contributed by atoms with Gasteiger partial charge in [0, 0.05) is 10.9 Å². The topological polar surface area (TPSA) is 44.1 Å². The molecule has 0 atom stereocenters. The maximum Gasteiger partial charge on any atom is 0.434 e. The van der Waals surface area contributed by atoms with Crippen LogP contribution in [0.25, 0.3) is 22.2 Å². The van der Waals surface area contributed by atoms with Crippen LogP contribution < -0.4 is 0 Å². The van der Waals surface area contributed by atoms with Crippen molar-refractivity contribution in [1.82, 2.24) is 9.78 Å². The van der Waals surface area contributed by atoms with Crippen molar-refractivity contribution >= 4 is 16.9 Å². The average molecular weight is 444 g/mol. The van der Waals surface area contributed by atoms with E-state index in [0.29, 0.717) is 11.2 Å². The number of alkyl halides is 6. The van der Waals surface area contributed by atoms with Gasteiger partial charge < -0.3 is 4.74 Å². The molecule has 2 aromatic carbocycles. The van der Waals surface area contributed by atoms with Crippen molar-refractivity contribution in [3.8, 4) is 11.3 Å². The lowest BCUT2D eigenvalue weighted by atomic mass is 9.93. The van der Waals surface area contributed by atoms with Crippen molar-refractivity contribution in [2.24, 2.45) is 5.41 Å². The van der Waals surface area contributed by atoms with E-state index in [-0.39, 0.29) is 6.54 Å². The number of carbonyl (C=O) groups excluding carboxylic acids is 1. The van der Waals surface area contributed by atoms with Crippen LogP contribution in [0.5, 0.6) is 0 Å². The summed E-state index contributed by atoms with van der Waals surface area (Å²) < 4.78 is 81.9. The van der Waals surface area contributed by atoms with Gasteiger partial charge in [0.05, 0.1) is 17.5 Å². The largest absolute Gasteiger partial charge is 0.442 e. The van der Waals surface area contributed by atoms with Crippen molar-refractivity contribution in [2.45, 2.75) is 38.8 Å². The number of aromatic nitrogens is 2. The number of hydrogen-bond acceptors (Lipinski definition) is 3. The molecule has 0 aliphatic heterocycles. The number of rotatable bonds is 5. The molecule has 0 bridgehead atoms. The van der Waals surface area contributed by atoms with E-state index in [1.165, 1.54) is 18.5 Å². The maximum atomic E-state index is 12.8. The summed E-state index contributed by atoms with van der Waals surface area (Å²) in [6.45, 7) is 2.12. The number of halogens is 6. The van der Waals surface area contributed by atoms with Gasteiger partial charge in [-0.25, -0.2) is 0 Å². The molecular formula is C21H18F6N2O2. The first-order chi connectivity index (χ1) is 14.3. The fraction of sp³-hybridized carbons (Fsp3) is 0.333. The molecule has 0 aliphatic carbocycles. The van der Waals surface area contributed by atoms with E-state index in [0.717, 1.165) is 10.9 Å². The summed E-state index contributed by atoms with van der Waals surface area (Å²) in [4.78, 5) is 12.3. The van der Waals surface area contributed by atoms with Crippen molar-refractivity contribution in [3.63, 3.8) is 0 Å². The lowest BCUT2D eigenvalue weighted by molar-refractivity contribution is -0.315. The Morgan fingerprint density at radius 3 is 2.06 bits per heavy atom.